The van der Waals surface area contributed by atoms with Crippen molar-refractivity contribution in [3.05, 3.63) is 83.8 Å². The number of furan rings is 1. The molecule has 0 spiro atoms. The number of hydrogen-bond acceptors (Lipinski definition) is 4. The molecule has 1 atom stereocenters. The largest absolute Gasteiger partial charge is 0.457 e. The Morgan fingerprint density at radius 3 is 2.52 bits per heavy atom. The third-order valence-electron chi connectivity index (χ3n) is 5.21. The second-order valence-corrected chi connectivity index (χ2v) is 7.93. The summed E-state index contributed by atoms with van der Waals surface area (Å²) in [5.41, 5.74) is 3.37. The van der Waals surface area contributed by atoms with Crippen LogP contribution in [-0.4, -0.2) is 35.6 Å². The van der Waals surface area contributed by atoms with Gasteiger partial charge >= 0.3 is 0 Å². The molecule has 7 heteroatoms. The van der Waals surface area contributed by atoms with Crippen LogP contribution >= 0.6 is 12.2 Å². The number of thiocarbonyl (C=S) groups is 1. The molecular weight excluding hydrogens is 407 g/mol. The minimum atomic E-state index is -0.666. The van der Waals surface area contributed by atoms with Gasteiger partial charge in [-0.25, -0.2) is 0 Å². The molecule has 2 heterocycles. The van der Waals surface area contributed by atoms with Gasteiger partial charge in [0, 0.05) is 18.1 Å². The van der Waals surface area contributed by atoms with E-state index in [9.17, 15) is 9.59 Å². The second kappa shape index (κ2) is 8.74. The molecule has 1 N–H and O–H groups in total. The highest BCUT2D eigenvalue weighted by molar-refractivity contribution is 7.80. The number of Topliss-reactive ketones (excluding diaryl/α,β-unsaturated/α-hetero) is 1. The maximum absolute atomic E-state index is 13.1. The van der Waals surface area contributed by atoms with Crippen LogP contribution in [0.15, 0.2) is 76.8 Å². The number of amides is 1. The minimum Gasteiger partial charge on any atom is -0.457 e. The van der Waals surface area contributed by atoms with Gasteiger partial charge in [0.1, 0.15) is 31.1 Å². The maximum atomic E-state index is 13.1. The predicted molar refractivity (Wildman–Crippen MR) is 127 cm³/mol. The fourth-order valence-corrected chi connectivity index (χ4v) is 3.85. The van der Waals surface area contributed by atoms with Crippen LogP contribution in [0.1, 0.15) is 18.2 Å². The van der Waals surface area contributed by atoms with Crippen molar-refractivity contribution in [2.45, 2.75) is 19.4 Å². The van der Waals surface area contributed by atoms with E-state index in [0.29, 0.717) is 17.9 Å². The molecule has 1 fully saturated rings. The van der Waals surface area contributed by atoms with E-state index in [4.69, 9.17) is 16.6 Å². The average Bonchev–Trinajstić information content (AvgIpc) is 3.32. The molecule has 1 aliphatic rings. The zero-order valence-electron chi connectivity index (χ0n) is 17.3. The molecule has 1 saturated heterocycles. The van der Waals surface area contributed by atoms with Crippen molar-refractivity contribution in [1.82, 2.24) is 10.2 Å². The molecule has 0 saturated carbocycles. The van der Waals surface area contributed by atoms with Gasteiger partial charge in [-0.2, -0.15) is 0 Å². The summed E-state index contributed by atoms with van der Waals surface area (Å²) >= 11 is 5.39. The number of ketones is 1. The molecule has 154 valence electrons. The number of hydrogen-bond donors (Lipinski definition) is 1. The topological polar surface area (TPSA) is 62.6 Å². The highest BCUT2D eigenvalue weighted by Gasteiger charge is 2.38. The quantitative estimate of drug-likeness (QED) is 0.371. The Balaban J connectivity index is 1.56. The van der Waals surface area contributed by atoms with Gasteiger partial charge in [-0.3, -0.25) is 14.5 Å². The number of nitrogens with zero attached hydrogens (tertiary/aromatic N) is 1. The molecule has 0 bridgehead atoms. The van der Waals surface area contributed by atoms with Crippen molar-refractivity contribution in [3.63, 3.8) is 0 Å². The Labute approximate surface area is 187 Å². The number of carbonyl (C=O) groups is 2. The van der Waals surface area contributed by atoms with E-state index in [1.54, 1.807) is 12.1 Å². The lowest BCUT2D eigenvalue weighted by atomic mass is 9.95. The highest BCUT2D eigenvalue weighted by Crippen LogP contribution is 2.25. The monoisotopic (exact) mass is 428 g/mol. The molecule has 0 radical (unpaired) electrons. The van der Waals surface area contributed by atoms with Gasteiger partial charge in [0.15, 0.2) is 10.9 Å². The lowest BCUT2D eigenvalue weighted by Crippen LogP contribution is -2.45. The van der Waals surface area contributed by atoms with Crippen molar-refractivity contribution in [2.24, 2.45) is 0 Å². The Bertz CT molecular complexity index is 1170. The summed E-state index contributed by atoms with van der Waals surface area (Å²) < 4.78 is 5.90. The molecule has 1 unspecified atom stereocenters. The van der Waals surface area contributed by atoms with Gasteiger partial charge in [0.2, 0.25) is 0 Å². The molecule has 31 heavy (non-hydrogen) atoms. The SMILES string of the molecule is Bc1ccc(-c2ccc(/C=C3/NC(=S)N(C(Cc4ccccc4)C(C)=O)C3=O)o2)cc1. The van der Waals surface area contributed by atoms with E-state index in [-0.39, 0.29) is 22.5 Å². The summed E-state index contributed by atoms with van der Waals surface area (Å²) in [5, 5.41) is 3.16. The first-order valence-corrected chi connectivity index (χ1v) is 10.4. The second-order valence-electron chi connectivity index (χ2n) is 7.55. The Kier molecular flexibility index (Phi) is 5.87. The molecule has 1 aliphatic heterocycles. The van der Waals surface area contributed by atoms with Gasteiger partial charge in [0.25, 0.3) is 5.91 Å². The van der Waals surface area contributed by atoms with Crippen LogP contribution in [0.5, 0.6) is 0 Å². The van der Waals surface area contributed by atoms with Gasteiger partial charge in [-0.05, 0) is 36.8 Å². The fraction of sp³-hybridized carbons (Fsp3) is 0.125. The summed E-state index contributed by atoms with van der Waals surface area (Å²) in [7, 11) is 2.03. The van der Waals surface area contributed by atoms with Crippen molar-refractivity contribution in [3.8, 4) is 11.3 Å². The molecule has 2 aromatic carbocycles. The molecule has 5 nitrogen and oxygen atoms in total. The summed E-state index contributed by atoms with van der Waals surface area (Å²) in [6.45, 7) is 1.48. The van der Waals surface area contributed by atoms with Crippen LogP contribution in [-0.2, 0) is 16.0 Å². The zero-order chi connectivity index (χ0) is 22.0. The number of benzene rings is 2. The van der Waals surface area contributed by atoms with E-state index in [2.05, 4.69) is 5.32 Å². The van der Waals surface area contributed by atoms with Crippen LogP contribution in [0.25, 0.3) is 17.4 Å². The summed E-state index contributed by atoms with van der Waals surface area (Å²) in [4.78, 5) is 26.8. The number of carbonyl (C=O) groups excluding carboxylic acids is 2. The zero-order valence-corrected chi connectivity index (χ0v) is 18.1. The summed E-state index contributed by atoms with van der Waals surface area (Å²) in [5.74, 6) is 0.776. The maximum Gasteiger partial charge on any atom is 0.277 e. The van der Waals surface area contributed by atoms with Gasteiger partial charge in [-0.15, -0.1) is 0 Å². The first-order chi connectivity index (χ1) is 14.9. The van der Waals surface area contributed by atoms with Gasteiger partial charge in [-0.1, -0.05) is 60.1 Å². The Morgan fingerprint density at radius 2 is 1.84 bits per heavy atom. The smallest absolute Gasteiger partial charge is 0.277 e. The molecular formula is C24H21BN2O3S. The van der Waals surface area contributed by atoms with E-state index in [0.717, 1.165) is 11.1 Å². The predicted octanol–water partition coefficient (Wildman–Crippen LogP) is 2.46. The number of nitrogens with one attached hydrogen (secondary N) is 1. The molecule has 1 amide bonds. The van der Waals surface area contributed by atoms with Crippen molar-refractivity contribution >= 4 is 48.4 Å². The lowest BCUT2D eigenvalue weighted by molar-refractivity contribution is -0.130. The third kappa shape index (κ3) is 4.51. The van der Waals surface area contributed by atoms with Crippen LogP contribution in [0.4, 0.5) is 0 Å². The van der Waals surface area contributed by atoms with Gasteiger partial charge in [0.05, 0.1) is 0 Å². The van der Waals surface area contributed by atoms with E-state index < -0.39 is 6.04 Å². The van der Waals surface area contributed by atoms with Crippen molar-refractivity contribution in [1.29, 1.82) is 0 Å². The fourth-order valence-electron chi connectivity index (χ4n) is 3.53. The van der Waals surface area contributed by atoms with Crippen molar-refractivity contribution in [2.75, 3.05) is 0 Å². The van der Waals surface area contributed by atoms with Gasteiger partial charge < -0.3 is 9.73 Å². The van der Waals surface area contributed by atoms with Crippen LogP contribution in [0.3, 0.4) is 0 Å². The van der Waals surface area contributed by atoms with E-state index in [1.165, 1.54) is 17.3 Å². The van der Waals surface area contributed by atoms with Crippen LogP contribution in [0, 0.1) is 0 Å². The van der Waals surface area contributed by atoms with Crippen LogP contribution < -0.4 is 10.8 Å². The molecule has 4 rings (SSSR count). The van der Waals surface area contributed by atoms with Crippen molar-refractivity contribution < 1.29 is 14.0 Å². The van der Waals surface area contributed by atoms with Crippen LogP contribution in [0.2, 0.25) is 0 Å². The average molecular weight is 428 g/mol. The first-order valence-electron chi connectivity index (χ1n) is 10.00. The first kappa shape index (κ1) is 20.8. The lowest BCUT2D eigenvalue weighted by Gasteiger charge is -2.24. The van der Waals surface area contributed by atoms with E-state index in [1.807, 2.05) is 68.5 Å². The highest BCUT2D eigenvalue weighted by atomic mass is 32.1. The Morgan fingerprint density at radius 1 is 1.13 bits per heavy atom. The Hall–Kier alpha value is -3.45. The minimum absolute atomic E-state index is 0.123. The summed E-state index contributed by atoms with van der Waals surface area (Å²) in [6.07, 6.45) is 2.02. The normalized spacial score (nSPS) is 15.9. The third-order valence-corrected chi connectivity index (χ3v) is 5.51. The molecule has 1 aromatic heterocycles. The van der Waals surface area contributed by atoms with E-state index >= 15 is 0 Å². The number of rotatable bonds is 6. The molecule has 3 aromatic rings. The standard InChI is InChI=1S/C24H21BN2O3S/c1-15(28)21(13-16-5-3-2-4-6-16)27-23(29)20(26-24(27)31)14-19-11-12-22(30-19)17-7-9-18(25)10-8-17/h2-12,14,21H,13,25H2,1H3,(H,26,31)/b20-14+. The summed E-state index contributed by atoms with van der Waals surface area (Å²) in [6, 6.07) is 20.6. The molecule has 0 aliphatic carbocycles.